The van der Waals surface area contributed by atoms with E-state index in [0.29, 0.717) is 5.65 Å². The van der Waals surface area contributed by atoms with Crippen LogP contribution in [0.4, 0.5) is 5.95 Å². The van der Waals surface area contributed by atoms with Crippen LogP contribution >= 0.6 is 11.8 Å². The number of nitrogens with one attached hydrogen (secondary N) is 1. The van der Waals surface area contributed by atoms with Crippen LogP contribution in [-0.2, 0) is 7.05 Å². The van der Waals surface area contributed by atoms with Gasteiger partial charge in [0.05, 0.1) is 22.7 Å². The molecule has 0 aliphatic heterocycles. The number of aromatic nitrogens is 6. The third-order valence-corrected chi connectivity index (χ3v) is 3.14. The standard InChI is InChI=1S/C9H9N7S/c1-16-4-5(2-12-16)17-8-6-3-11-15-7(6)13-9(10)14-8/h2-4H,1H3,(H3,10,11,13,14,15). The van der Waals surface area contributed by atoms with Crippen LogP contribution in [0.25, 0.3) is 11.0 Å². The fraction of sp³-hybridized carbons (Fsp3) is 0.111. The Bertz CT molecular complexity index is 671. The number of hydrogen-bond acceptors (Lipinski definition) is 6. The lowest BCUT2D eigenvalue weighted by Gasteiger charge is -2.00. The zero-order valence-corrected chi connectivity index (χ0v) is 9.77. The molecule has 7 nitrogen and oxygen atoms in total. The highest BCUT2D eigenvalue weighted by atomic mass is 32.2. The smallest absolute Gasteiger partial charge is 0.223 e. The van der Waals surface area contributed by atoms with E-state index < -0.39 is 0 Å². The largest absolute Gasteiger partial charge is 0.368 e. The van der Waals surface area contributed by atoms with Gasteiger partial charge in [0.15, 0.2) is 5.65 Å². The molecule has 0 aliphatic rings. The van der Waals surface area contributed by atoms with Gasteiger partial charge in [0.2, 0.25) is 5.95 Å². The van der Waals surface area contributed by atoms with E-state index in [2.05, 4.69) is 25.3 Å². The number of rotatable bonds is 2. The molecule has 0 aromatic carbocycles. The number of anilines is 1. The molecule has 0 amide bonds. The third kappa shape index (κ3) is 1.82. The van der Waals surface area contributed by atoms with Crippen molar-refractivity contribution < 1.29 is 0 Å². The number of fused-ring (bicyclic) bond motifs is 1. The summed E-state index contributed by atoms with van der Waals surface area (Å²) in [5.41, 5.74) is 6.28. The lowest BCUT2D eigenvalue weighted by Crippen LogP contribution is -1.96. The quantitative estimate of drug-likeness (QED) is 0.650. The zero-order chi connectivity index (χ0) is 11.8. The third-order valence-electron chi connectivity index (χ3n) is 2.19. The van der Waals surface area contributed by atoms with E-state index in [1.165, 1.54) is 11.8 Å². The molecular weight excluding hydrogens is 238 g/mol. The number of H-pyrrole nitrogens is 1. The summed E-state index contributed by atoms with van der Waals surface area (Å²) in [6, 6.07) is 0. The highest BCUT2D eigenvalue weighted by molar-refractivity contribution is 7.99. The molecule has 0 aliphatic carbocycles. The lowest BCUT2D eigenvalue weighted by molar-refractivity contribution is 0.766. The molecule has 0 spiro atoms. The average Bonchev–Trinajstić information content (AvgIpc) is 2.87. The van der Waals surface area contributed by atoms with Crippen molar-refractivity contribution in [3.8, 4) is 0 Å². The van der Waals surface area contributed by atoms with Gasteiger partial charge in [-0.1, -0.05) is 11.8 Å². The molecule has 0 radical (unpaired) electrons. The SMILES string of the molecule is Cn1cc(Sc2nc(N)nc3[nH]ncc23)cn1. The van der Waals surface area contributed by atoms with Crippen LogP contribution in [0.2, 0.25) is 0 Å². The van der Waals surface area contributed by atoms with Crippen molar-refractivity contribution in [3.63, 3.8) is 0 Å². The van der Waals surface area contributed by atoms with Gasteiger partial charge >= 0.3 is 0 Å². The molecule has 17 heavy (non-hydrogen) atoms. The molecular formula is C9H9N7S. The van der Waals surface area contributed by atoms with Crippen LogP contribution in [0.15, 0.2) is 28.5 Å². The number of nitrogen functional groups attached to an aromatic ring is 1. The summed E-state index contributed by atoms with van der Waals surface area (Å²) in [5.74, 6) is 0.230. The van der Waals surface area contributed by atoms with Crippen molar-refractivity contribution in [2.24, 2.45) is 7.05 Å². The summed E-state index contributed by atoms with van der Waals surface area (Å²) in [7, 11) is 1.87. The lowest BCUT2D eigenvalue weighted by atomic mass is 10.4. The molecule has 0 saturated heterocycles. The molecule has 0 unspecified atom stereocenters. The average molecular weight is 247 g/mol. The minimum absolute atomic E-state index is 0.230. The molecule has 3 aromatic rings. The van der Waals surface area contributed by atoms with Crippen LogP contribution in [0.5, 0.6) is 0 Å². The molecule has 0 saturated carbocycles. The highest BCUT2D eigenvalue weighted by Gasteiger charge is 2.10. The Morgan fingerprint density at radius 2 is 2.24 bits per heavy atom. The normalized spacial score (nSPS) is 11.1. The van der Waals surface area contributed by atoms with Crippen LogP contribution in [-0.4, -0.2) is 29.9 Å². The minimum Gasteiger partial charge on any atom is -0.368 e. The Balaban J connectivity index is 2.07. The van der Waals surface area contributed by atoms with Crippen molar-refractivity contribution in [1.82, 2.24) is 29.9 Å². The maximum Gasteiger partial charge on any atom is 0.223 e. The predicted octanol–water partition coefficient (Wildman–Crippen LogP) is 0.820. The van der Waals surface area contributed by atoms with Gasteiger partial charge in [-0.05, 0) is 0 Å². The zero-order valence-electron chi connectivity index (χ0n) is 8.95. The second-order valence-corrected chi connectivity index (χ2v) is 4.53. The number of aromatic amines is 1. The molecule has 8 heteroatoms. The van der Waals surface area contributed by atoms with Crippen LogP contribution in [0.1, 0.15) is 0 Å². The van der Waals surface area contributed by atoms with Crippen LogP contribution in [0, 0.1) is 0 Å². The van der Waals surface area contributed by atoms with E-state index in [9.17, 15) is 0 Å². The summed E-state index contributed by atoms with van der Waals surface area (Å²) in [6.07, 6.45) is 5.37. The maximum atomic E-state index is 5.64. The summed E-state index contributed by atoms with van der Waals surface area (Å²) >= 11 is 1.48. The first-order valence-electron chi connectivity index (χ1n) is 4.85. The number of hydrogen-bond donors (Lipinski definition) is 2. The summed E-state index contributed by atoms with van der Waals surface area (Å²) in [5, 5.41) is 12.4. The number of nitrogens with zero attached hydrogens (tertiary/aromatic N) is 5. The first-order valence-corrected chi connectivity index (χ1v) is 5.67. The number of aryl methyl sites for hydroxylation is 1. The van der Waals surface area contributed by atoms with Gasteiger partial charge in [0.1, 0.15) is 5.03 Å². The summed E-state index contributed by atoms with van der Waals surface area (Å²) in [4.78, 5) is 9.26. The van der Waals surface area contributed by atoms with Crippen LogP contribution < -0.4 is 5.73 Å². The van der Waals surface area contributed by atoms with Crippen LogP contribution in [0.3, 0.4) is 0 Å². The van der Waals surface area contributed by atoms with E-state index >= 15 is 0 Å². The Hall–Kier alpha value is -2.09. The molecule has 3 N–H and O–H groups in total. The van der Waals surface area contributed by atoms with Crippen molar-refractivity contribution in [2.45, 2.75) is 9.92 Å². The Kier molecular flexibility index (Phi) is 2.22. The number of nitrogens with two attached hydrogens (primary N) is 1. The molecule has 3 heterocycles. The molecule has 0 atom stereocenters. The first-order chi connectivity index (χ1) is 8.22. The van der Waals surface area contributed by atoms with Gasteiger partial charge in [0.25, 0.3) is 0 Å². The van der Waals surface area contributed by atoms with Gasteiger partial charge in [0, 0.05) is 13.2 Å². The second kappa shape index (κ2) is 3.74. The molecule has 86 valence electrons. The van der Waals surface area contributed by atoms with E-state index in [-0.39, 0.29) is 5.95 Å². The Morgan fingerprint density at radius 3 is 3.00 bits per heavy atom. The predicted molar refractivity (Wildman–Crippen MR) is 63.4 cm³/mol. The van der Waals surface area contributed by atoms with Gasteiger partial charge in [-0.3, -0.25) is 9.78 Å². The van der Waals surface area contributed by atoms with Crippen molar-refractivity contribution in [1.29, 1.82) is 0 Å². The van der Waals surface area contributed by atoms with Gasteiger partial charge in [-0.25, -0.2) is 4.98 Å². The van der Waals surface area contributed by atoms with E-state index in [0.717, 1.165) is 15.3 Å². The second-order valence-electron chi connectivity index (χ2n) is 3.47. The van der Waals surface area contributed by atoms with Crippen molar-refractivity contribution >= 4 is 28.7 Å². The van der Waals surface area contributed by atoms with Gasteiger partial charge in [-0.15, -0.1) is 0 Å². The molecule has 3 rings (SSSR count). The van der Waals surface area contributed by atoms with Gasteiger partial charge < -0.3 is 5.73 Å². The van der Waals surface area contributed by atoms with E-state index in [1.54, 1.807) is 17.1 Å². The first kappa shape index (κ1) is 10.1. The summed E-state index contributed by atoms with van der Waals surface area (Å²) in [6.45, 7) is 0. The fourth-order valence-electron chi connectivity index (χ4n) is 1.47. The van der Waals surface area contributed by atoms with Gasteiger partial charge in [-0.2, -0.15) is 15.2 Å². The fourth-order valence-corrected chi connectivity index (χ4v) is 2.39. The van der Waals surface area contributed by atoms with E-state index in [1.807, 2.05) is 13.2 Å². The van der Waals surface area contributed by atoms with Crippen molar-refractivity contribution in [3.05, 3.63) is 18.6 Å². The Morgan fingerprint density at radius 1 is 1.35 bits per heavy atom. The molecule has 3 aromatic heterocycles. The minimum atomic E-state index is 0.230. The molecule has 0 bridgehead atoms. The highest BCUT2D eigenvalue weighted by Crippen LogP contribution is 2.30. The van der Waals surface area contributed by atoms with E-state index in [4.69, 9.17) is 5.73 Å². The Labute approximate surface area is 100 Å². The maximum absolute atomic E-state index is 5.64. The summed E-state index contributed by atoms with van der Waals surface area (Å²) < 4.78 is 1.74. The molecule has 0 fully saturated rings. The van der Waals surface area contributed by atoms with Crippen molar-refractivity contribution in [2.75, 3.05) is 5.73 Å². The topological polar surface area (TPSA) is 98.3 Å². The monoisotopic (exact) mass is 247 g/mol.